The van der Waals surface area contributed by atoms with Gasteiger partial charge in [0.1, 0.15) is 12.4 Å². The third kappa shape index (κ3) is 7.15. The van der Waals surface area contributed by atoms with Crippen molar-refractivity contribution in [1.82, 2.24) is 10.2 Å². The van der Waals surface area contributed by atoms with Crippen molar-refractivity contribution in [3.63, 3.8) is 0 Å². The zero-order valence-corrected chi connectivity index (χ0v) is 18.7. The highest BCUT2D eigenvalue weighted by molar-refractivity contribution is 5.93. The van der Waals surface area contributed by atoms with Gasteiger partial charge in [-0.15, -0.1) is 0 Å². The molecule has 0 atom stereocenters. The summed E-state index contributed by atoms with van der Waals surface area (Å²) in [7, 11) is 4.97. The Hall–Kier alpha value is -2.93. The molecule has 0 aliphatic carbocycles. The van der Waals surface area contributed by atoms with Crippen LogP contribution in [0, 0.1) is 0 Å². The fourth-order valence-electron chi connectivity index (χ4n) is 2.95. The number of rotatable bonds is 11. The molecule has 0 heterocycles. The Morgan fingerprint density at radius 3 is 2.27 bits per heavy atom. The van der Waals surface area contributed by atoms with Crippen molar-refractivity contribution < 1.29 is 14.2 Å². The van der Waals surface area contributed by atoms with E-state index in [0.717, 1.165) is 36.6 Å². The maximum Gasteiger partial charge on any atom is 0.195 e. The molecule has 0 aliphatic heterocycles. The monoisotopic (exact) mass is 414 g/mol. The van der Waals surface area contributed by atoms with Gasteiger partial charge in [-0.1, -0.05) is 26.0 Å². The smallest absolute Gasteiger partial charge is 0.195 e. The number of hydrogen-bond acceptors (Lipinski definition) is 5. The molecule has 0 fully saturated rings. The lowest BCUT2D eigenvalue weighted by Gasteiger charge is -2.18. The number of hydrogen-bond donors (Lipinski definition) is 2. The normalized spacial score (nSPS) is 11.3. The Kier molecular flexibility index (Phi) is 9.80. The topological polar surface area (TPSA) is 67.4 Å². The number of benzene rings is 2. The van der Waals surface area contributed by atoms with E-state index in [9.17, 15) is 0 Å². The van der Waals surface area contributed by atoms with E-state index >= 15 is 0 Å². The van der Waals surface area contributed by atoms with E-state index in [4.69, 9.17) is 14.2 Å². The molecule has 0 saturated heterocycles. The van der Waals surface area contributed by atoms with Crippen molar-refractivity contribution in [1.29, 1.82) is 0 Å². The number of nitrogens with one attached hydrogen (secondary N) is 2. The SMILES string of the molecule is CCN(CC)CCOc1ccc(CNC(=NC)Nc2ccc(OC)c(OC)c2)cc1. The lowest BCUT2D eigenvalue weighted by atomic mass is 10.2. The average molecular weight is 415 g/mol. The summed E-state index contributed by atoms with van der Waals surface area (Å²) in [5, 5.41) is 6.57. The van der Waals surface area contributed by atoms with Crippen LogP contribution in [0.25, 0.3) is 0 Å². The average Bonchev–Trinajstić information content (AvgIpc) is 2.80. The first-order valence-corrected chi connectivity index (χ1v) is 10.3. The molecule has 7 heteroatoms. The molecule has 0 bridgehead atoms. The van der Waals surface area contributed by atoms with Crippen LogP contribution in [0.4, 0.5) is 5.69 Å². The van der Waals surface area contributed by atoms with Crippen LogP contribution < -0.4 is 24.8 Å². The minimum absolute atomic E-state index is 0.646. The summed E-state index contributed by atoms with van der Waals surface area (Å²) in [4.78, 5) is 6.62. The second-order valence-corrected chi connectivity index (χ2v) is 6.64. The number of likely N-dealkylation sites (N-methyl/N-ethyl adjacent to an activating group) is 1. The number of methoxy groups -OCH3 is 2. The van der Waals surface area contributed by atoms with Crippen LogP contribution in [0.3, 0.4) is 0 Å². The molecule has 2 N–H and O–H groups in total. The second kappa shape index (κ2) is 12.6. The highest BCUT2D eigenvalue weighted by Gasteiger charge is 2.06. The molecular weight excluding hydrogens is 380 g/mol. The van der Waals surface area contributed by atoms with Crippen LogP contribution in [0.15, 0.2) is 47.5 Å². The van der Waals surface area contributed by atoms with Crippen LogP contribution in [-0.4, -0.2) is 58.4 Å². The lowest BCUT2D eigenvalue weighted by molar-refractivity contribution is 0.223. The van der Waals surface area contributed by atoms with Crippen molar-refractivity contribution >= 4 is 11.6 Å². The third-order valence-corrected chi connectivity index (χ3v) is 4.82. The molecular formula is C23H34N4O3. The van der Waals surface area contributed by atoms with Gasteiger partial charge in [-0.05, 0) is 42.9 Å². The molecule has 7 nitrogen and oxygen atoms in total. The molecule has 2 aromatic carbocycles. The zero-order valence-electron chi connectivity index (χ0n) is 18.7. The minimum atomic E-state index is 0.646. The molecule has 2 aromatic rings. The van der Waals surface area contributed by atoms with E-state index < -0.39 is 0 Å². The summed E-state index contributed by atoms with van der Waals surface area (Å²) in [5.74, 6) is 2.90. The standard InChI is InChI=1S/C23H34N4O3/c1-6-27(7-2)14-15-30-20-11-8-18(9-12-20)17-25-23(24-3)26-19-10-13-21(28-4)22(16-19)29-5/h8-13,16H,6-7,14-15,17H2,1-5H3,(H2,24,25,26). The van der Waals surface area contributed by atoms with E-state index in [-0.39, 0.29) is 0 Å². The minimum Gasteiger partial charge on any atom is -0.493 e. The summed E-state index contributed by atoms with van der Waals surface area (Å²) in [5.41, 5.74) is 2.00. The largest absolute Gasteiger partial charge is 0.493 e. The van der Waals surface area contributed by atoms with Gasteiger partial charge in [-0.25, -0.2) is 0 Å². The Labute approximate surface area is 180 Å². The molecule has 0 unspecified atom stereocenters. The highest BCUT2D eigenvalue weighted by Crippen LogP contribution is 2.29. The predicted molar refractivity (Wildman–Crippen MR) is 123 cm³/mol. The van der Waals surface area contributed by atoms with Gasteiger partial charge in [-0.2, -0.15) is 0 Å². The first-order valence-electron chi connectivity index (χ1n) is 10.3. The molecule has 0 amide bonds. The van der Waals surface area contributed by atoms with E-state index in [2.05, 4.69) is 46.5 Å². The molecule has 30 heavy (non-hydrogen) atoms. The van der Waals surface area contributed by atoms with Gasteiger partial charge in [0.15, 0.2) is 17.5 Å². The molecule has 0 aromatic heterocycles. The molecule has 0 spiro atoms. The summed E-state index contributed by atoms with van der Waals surface area (Å²) < 4.78 is 16.5. The Morgan fingerprint density at radius 2 is 1.67 bits per heavy atom. The van der Waals surface area contributed by atoms with Crippen molar-refractivity contribution in [3.8, 4) is 17.2 Å². The summed E-state index contributed by atoms with van der Waals surface area (Å²) in [6, 6.07) is 13.8. The van der Waals surface area contributed by atoms with E-state index in [1.165, 1.54) is 0 Å². The van der Waals surface area contributed by atoms with Gasteiger partial charge < -0.3 is 29.7 Å². The number of ether oxygens (including phenoxy) is 3. The van der Waals surface area contributed by atoms with Crippen LogP contribution in [0.2, 0.25) is 0 Å². The lowest BCUT2D eigenvalue weighted by Crippen LogP contribution is -2.30. The summed E-state index contributed by atoms with van der Waals surface area (Å²) in [6.07, 6.45) is 0. The third-order valence-electron chi connectivity index (χ3n) is 4.82. The van der Waals surface area contributed by atoms with Gasteiger partial charge in [0.25, 0.3) is 0 Å². The molecule has 2 rings (SSSR count). The van der Waals surface area contributed by atoms with E-state index in [1.807, 2.05) is 30.3 Å². The van der Waals surface area contributed by atoms with Gasteiger partial charge in [0, 0.05) is 31.9 Å². The van der Waals surface area contributed by atoms with E-state index in [1.54, 1.807) is 21.3 Å². The quantitative estimate of drug-likeness (QED) is 0.433. The van der Waals surface area contributed by atoms with Gasteiger partial charge in [0.05, 0.1) is 14.2 Å². The van der Waals surface area contributed by atoms with Crippen LogP contribution in [0.5, 0.6) is 17.2 Å². The number of anilines is 1. The van der Waals surface area contributed by atoms with Crippen molar-refractivity contribution in [2.45, 2.75) is 20.4 Å². The zero-order chi connectivity index (χ0) is 21.8. The molecule has 0 radical (unpaired) electrons. The molecule has 0 saturated carbocycles. The van der Waals surface area contributed by atoms with Gasteiger partial charge in [0.2, 0.25) is 0 Å². The Bertz CT molecular complexity index is 790. The first kappa shape index (κ1) is 23.3. The van der Waals surface area contributed by atoms with Crippen LogP contribution in [-0.2, 0) is 6.54 Å². The maximum absolute atomic E-state index is 5.84. The molecule has 164 valence electrons. The Morgan fingerprint density at radius 1 is 0.967 bits per heavy atom. The molecule has 0 aliphatic rings. The van der Waals surface area contributed by atoms with Gasteiger partial charge in [-0.3, -0.25) is 4.99 Å². The van der Waals surface area contributed by atoms with Gasteiger partial charge >= 0.3 is 0 Å². The summed E-state index contributed by atoms with van der Waals surface area (Å²) in [6.45, 7) is 8.70. The number of aliphatic imine (C=N–C) groups is 1. The fraction of sp³-hybridized carbons (Fsp3) is 0.435. The fourth-order valence-corrected chi connectivity index (χ4v) is 2.95. The number of guanidine groups is 1. The van der Waals surface area contributed by atoms with E-state index in [0.29, 0.717) is 30.6 Å². The van der Waals surface area contributed by atoms with Crippen molar-refractivity contribution in [2.75, 3.05) is 52.8 Å². The second-order valence-electron chi connectivity index (χ2n) is 6.64. The highest BCUT2D eigenvalue weighted by atomic mass is 16.5. The van der Waals surface area contributed by atoms with Crippen LogP contribution in [0.1, 0.15) is 19.4 Å². The number of nitrogens with zero attached hydrogens (tertiary/aromatic N) is 2. The Balaban J connectivity index is 1.85. The predicted octanol–water partition coefficient (Wildman–Crippen LogP) is 3.61. The van der Waals surface area contributed by atoms with Crippen molar-refractivity contribution in [2.24, 2.45) is 4.99 Å². The summed E-state index contributed by atoms with van der Waals surface area (Å²) >= 11 is 0. The first-order chi connectivity index (χ1) is 14.6. The van der Waals surface area contributed by atoms with Crippen LogP contribution >= 0.6 is 0 Å². The maximum atomic E-state index is 5.84. The van der Waals surface area contributed by atoms with Crippen molar-refractivity contribution in [3.05, 3.63) is 48.0 Å².